The highest BCUT2D eigenvalue weighted by Crippen LogP contribution is 2.18. The first-order chi connectivity index (χ1) is 9.28. The van der Waals surface area contributed by atoms with Crippen LogP contribution in [0.3, 0.4) is 0 Å². The Bertz CT molecular complexity index is 477. The van der Waals surface area contributed by atoms with Crippen molar-refractivity contribution in [1.29, 1.82) is 5.26 Å². The number of anilines is 1. The zero-order valence-electron chi connectivity index (χ0n) is 10.8. The minimum Gasteiger partial charge on any atom is -0.338 e. The summed E-state index contributed by atoms with van der Waals surface area (Å²) < 4.78 is 0. The quantitative estimate of drug-likeness (QED) is 0.681. The van der Waals surface area contributed by atoms with E-state index in [9.17, 15) is 4.79 Å². The summed E-state index contributed by atoms with van der Waals surface area (Å²) in [6, 6.07) is 9.36. The molecule has 3 N–H and O–H groups in total. The highest BCUT2D eigenvalue weighted by atomic mass is 16.2. The van der Waals surface area contributed by atoms with Gasteiger partial charge in [0.15, 0.2) is 0 Å². The minimum atomic E-state index is -0.235. The van der Waals surface area contributed by atoms with E-state index in [-0.39, 0.29) is 6.03 Å². The second-order valence-electron chi connectivity index (χ2n) is 4.66. The van der Waals surface area contributed by atoms with Gasteiger partial charge in [-0.3, -0.25) is 0 Å². The highest BCUT2D eigenvalue weighted by molar-refractivity contribution is 5.89. The Kier molecular flexibility index (Phi) is 4.76. The summed E-state index contributed by atoms with van der Waals surface area (Å²) in [5.74, 6) is 0. The molecule has 0 aliphatic heterocycles. The van der Waals surface area contributed by atoms with Crippen molar-refractivity contribution in [1.82, 2.24) is 10.6 Å². The van der Waals surface area contributed by atoms with Crippen LogP contribution in [-0.4, -0.2) is 25.2 Å². The number of amides is 2. The summed E-state index contributed by atoms with van der Waals surface area (Å²) in [6.45, 7) is 1.58. The van der Waals surface area contributed by atoms with Crippen LogP contribution in [0.25, 0.3) is 0 Å². The number of benzene rings is 1. The van der Waals surface area contributed by atoms with Crippen molar-refractivity contribution in [3.05, 3.63) is 29.8 Å². The number of hydrogen-bond acceptors (Lipinski definition) is 3. The summed E-state index contributed by atoms with van der Waals surface area (Å²) in [6.07, 6.45) is 3.48. The molecule has 1 saturated carbocycles. The van der Waals surface area contributed by atoms with E-state index < -0.39 is 0 Å². The maximum atomic E-state index is 11.6. The molecule has 1 aromatic carbocycles. The van der Waals surface area contributed by atoms with Crippen LogP contribution in [0.15, 0.2) is 24.3 Å². The van der Waals surface area contributed by atoms with Crippen LogP contribution in [0.5, 0.6) is 0 Å². The predicted octanol–water partition coefficient (Wildman–Crippen LogP) is 1.82. The molecule has 5 nitrogen and oxygen atoms in total. The lowest BCUT2D eigenvalue weighted by atomic mass is 10.2. The standard InChI is InChI=1S/C14H18N4O/c15-10-11-3-1-4-13(9-11)18-14(19)17-8-2-7-16-12-5-6-12/h1,3-4,9,12,16H,2,5-8H2,(H2,17,18,19). The van der Waals surface area contributed by atoms with Gasteiger partial charge in [-0.2, -0.15) is 5.26 Å². The smallest absolute Gasteiger partial charge is 0.319 e. The minimum absolute atomic E-state index is 0.235. The van der Waals surface area contributed by atoms with Crippen LogP contribution >= 0.6 is 0 Å². The lowest BCUT2D eigenvalue weighted by Crippen LogP contribution is -2.31. The summed E-state index contributed by atoms with van der Waals surface area (Å²) in [4.78, 5) is 11.6. The van der Waals surface area contributed by atoms with Crippen molar-refractivity contribution in [2.24, 2.45) is 0 Å². The average molecular weight is 258 g/mol. The van der Waals surface area contributed by atoms with E-state index >= 15 is 0 Å². The molecule has 0 aromatic heterocycles. The second-order valence-corrected chi connectivity index (χ2v) is 4.66. The molecule has 100 valence electrons. The van der Waals surface area contributed by atoms with Gasteiger partial charge in [0.05, 0.1) is 11.6 Å². The average Bonchev–Trinajstić information content (AvgIpc) is 3.22. The molecular weight excluding hydrogens is 240 g/mol. The molecule has 0 saturated heterocycles. The predicted molar refractivity (Wildman–Crippen MR) is 73.8 cm³/mol. The molecule has 2 rings (SSSR count). The zero-order valence-corrected chi connectivity index (χ0v) is 10.8. The Balaban J connectivity index is 1.63. The molecule has 0 spiro atoms. The molecule has 5 heteroatoms. The van der Waals surface area contributed by atoms with Gasteiger partial charge in [0, 0.05) is 18.3 Å². The topological polar surface area (TPSA) is 77.0 Å². The molecule has 2 amide bonds. The first kappa shape index (κ1) is 13.4. The third-order valence-corrected chi connectivity index (χ3v) is 2.90. The molecule has 1 aromatic rings. The van der Waals surface area contributed by atoms with E-state index in [1.165, 1.54) is 12.8 Å². The monoisotopic (exact) mass is 258 g/mol. The summed E-state index contributed by atoms with van der Waals surface area (Å²) in [5.41, 5.74) is 1.17. The summed E-state index contributed by atoms with van der Waals surface area (Å²) >= 11 is 0. The number of carbonyl (C=O) groups excluding carboxylic acids is 1. The van der Waals surface area contributed by atoms with Crippen LogP contribution in [0, 0.1) is 11.3 Å². The summed E-state index contributed by atoms with van der Waals surface area (Å²) in [5, 5.41) is 17.6. The summed E-state index contributed by atoms with van der Waals surface area (Å²) in [7, 11) is 0. The van der Waals surface area contributed by atoms with Crippen LogP contribution in [0.2, 0.25) is 0 Å². The van der Waals surface area contributed by atoms with E-state index in [0.29, 0.717) is 23.8 Å². The van der Waals surface area contributed by atoms with Crippen LogP contribution < -0.4 is 16.0 Å². The second kappa shape index (κ2) is 6.76. The van der Waals surface area contributed by atoms with Gasteiger partial charge in [-0.25, -0.2) is 4.79 Å². The fourth-order valence-electron chi connectivity index (χ4n) is 1.73. The maximum absolute atomic E-state index is 11.6. The van der Waals surface area contributed by atoms with Crippen LogP contribution in [-0.2, 0) is 0 Å². The molecule has 0 heterocycles. The van der Waals surface area contributed by atoms with Gasteiger partial charge < -0.3 is 16.0 Å². The van der Waals surface area contributed by atoms with Crippen molar-refractivity contribution in [3.63, 3.8) is 0 Å². The third-order valence-electron chi connectivity index (χ3n) is 2.90. The largest absolute Gasteiger partial charge is 0.338 e. The Labute approximate surface area is 113 Å². The number of urea groups is 1. The normalized spacial score (nSPS) is 13.6. The number of nitrogens with one attached hydrogen (secondary N) is 3. The molecular formula is C14H18N4O. The van der Waals surface area contributed by atoms with Gasteiger partial charge in [-0.1, -0.05) is 6.07 Å². The lowest BCUT2D eigenvalue weighted by molar-refractivity contribution is 0.252. The molecule has 0 atom stereocenters. The Morgan fingerprint density at radius 2 is 2.21 bits per heavy atom. The highest BCUT2D eigenvalue weighted by Gasteiger charge is 2.19. The lowest BCUT2D eigenvalue weighted by Gasteiger charge is -2.08. The number of nitriles is 1. The van der Waals surface area contributed by atoms with Crippen LogP contribution in [0.4, 0.5) is 10.5 Å². The Morgan fingerprint density at radius 1 is 1.37 bits per heavy atom. The van der Waals surface area contributed by atoms with E-state index in [4.69, 9.17) is 5.26 Å². The molecule has 1 aliphatic rings. The fourth-order valence-corrected chi connectivity index (χ4v) is 1.73. The number of carbonyl (C=O) groups is 1. The van der Waals surface area contributed by atoms with Gasteiger partial charge in [0.25, 0.3) is 0 Å². The van der Waals surface area contributed by atoms with Crippen molar-refractivity contribution in [2.75, 3.05) is 18.4 Å². The van der Waals surface area contributed by atoms with E-state index in [0.717, 1.165) is 13.0 Å². The maximum Gasteiger partial charge on any atom is 0.319 e. The Morgan fingerprint density at radius 3 is 2.95 bits per heavy atom. The molecule has 1 aliphatic carbocycles. The molecule has 19 heavy (non-hydrogen) atoms. The molecule has 0 unspecified atom stereocenters. The van der Waals surface area contributed by atoms with Gasteiger partial charge >= 0.3 is 6.03 Å². The zero-order chi connectivity index (χ0) is 13.5. The third kappa shape index (κ3) is 4.98. The van der Waals surface area contributed by atoms with Crippen molar-refractivity contribution < 1.29 is 4.79 Å². The first-order valence-electron chi connectivity index (χ1n) is 6.56. The molecule has 1 fully saturated rings. The number of rotatable bonds is 6. The fraction of sp³-hybridized carbons (Fsp3) is 0.429. The van der Waals surface area contributed by atoms with Gasteiger partial charge in [0.1, 0.15) is 0 Å². The first-order valence-corrected chi connectivity index (χ1v) is 6.56. The van der Waals surface area contributed by atoms with Gasteiger partial charge in [0.2, 0.25) is 0 Å². The van der Waals surface area contributed by atoms with Gasteiger partial charge in [-0.15, -0.1) is 0 Å². The van der Waals surface area contributed by atoms with Gasteiger partial charge in [-0.05, 0) is 44.0 Å². The van der Waals surface area contributed by atoms with E-state index in [1.807, 2.05) is 6.07 Å². The SMILES string of the molecule is N#Cc1cccc(NC(=O)NCCCNC2CC2)c1. The number of hydrogen-bond donors (Lipinski definition) is 3. The van der Waals surface area contributed by atoms with Crippen LogP contribution in [0.1, 0.15) is 24.8 Å². The van der Waals surface area contributed by atoms with Crippen molar-refractivity contribution in [3.8, 4) is 6.07 Å². The van der Waals surface area contributed by atoms with E-state index in [1.54, 1.807) is 24.3 Å². The molecule has 0 radical (unpaired) electrons. The van der Waals surface area contributed by atoms with Crippen molar-refractivity contribution in [2.45, 2.75) is 25.3 Å². The number of nitrogens with zero attached hydrogens (tertiary/aromatic N) is 1. The Hall–Kier alpha value is -2.06. The molecule has 0 bridgehead atoms. The van der Waals surface area contributed by atoms with Crippen molar-refractivity contribution >= 4 is 11.7 Å². The van der Waals surface area contributed by atoms with E-state index in [2.05, 4.69) is 16.0 Å².